The van der Waals surface area contributed by atoms with Crippen molar-refractivity contribution >= 4 is 23.2 Å². The first kappa shape index (κ1) is 18.9. The number of hydrogen-bond acceptors (Lipinski definition) is 4. The van der Waals surface area contributed by atoms with Crippen molar-refractivity contribution in [2.75, 3.05) is 18.5 Å². The standard InChI is InChI=1S/C19H18ClFN4O2/c1-25-16(7-9-23-25)13-11-12(5-6-17(13)27-10-8-22)24-19(26)18-14(20)3-2-4-15(18)21/h2-7,9,11H,8,10,22H2,1H3,(H,24,26). The molecule has 0 saturated carbocycles. The van der Waals surface area contributed by atoms with Gasteiger partial charge in [0.2, 0.25) is 0 Å². The third-order valence-corrected chi connectivity index (χ3v) is 4.21. The summed E-state index contributed by atoms with van der Waals surface area (Å²) in [5, 5.41) is 6.87. The van der Waals surface area contributed by atoms with Gasteiger partial charge in [-0.2, -0.15) is 5.10 Å². The van der Waals surface area contributed by atoms with Crippen molar-refractivity contribution in [2.45, 2.75) is 0 Å². The van der Waals surface area contributed by atoms with Crippen LogP contribution in [-0.2, 0) is 7.05 Å². The van der Waals surface area contributed by atoms with E-state index in [0.29, 0.717) is 24.6 Å². The summed E-state index contributed by atoms with van der Waals surface area (Å²) >= 11 is 5.96. The number of aryl methyl sites for hydroxylation is 1. The Kier molecular flexibility index (Phi) is 5.73. The molecular formula is C19H18ClFN4O2. The second-order valence-corrected chi connectivity index (χ2v) is 6.15. The first-order chi connectivity index (χ1) is 13.0. The number of aromatic nitrogens is 2. The van der Waals surface area contributed by atoms with E-state index in [1.165, 1.54) is 18.2 Å². The van der Waals surface area contributed by atoms with Crippen LogP contribution in [0.25, 0.3) is 11.3 Å². The van der Waals surface area contributed by atoms with Crippen LogP contribution in [0.2, 0.25) is 5.02 Å². The summed E-state index contributed by atoms with van der Waals surface area (Å²) in [5.74, 6) is -0.717. The van der Waals surface area contributed by atoms with Gasteiger partial charge in [-0.05, 0) is 36.4 Å². The van der Waals surface area contributed by atoms with Crippen molar-refractivity contribution in [1.29, 1.82) is 0 Å². The highest BCUT2D eigenvalue weighted by Gasteiger charge is 2.17. The van der Waals surface area contributed by atoms with E-state index in [1.54, 1.807) is 36.1 Å². The Bertz CT molecular complexity index is 954. The monoisotopic (exact) mass is 388 g/mol. The van der Waals surface area contributed by atoms with Gasteiger partial charge in [0.15, 0.2) is 0 Å². The lowest BCUT2D eigenvalue weighted by molar-refractivity contribution is 0.102. The molecule has 0 bridgehead atoms. The van der Waals surface area contributed by atoms with E-state index >= 15 is 0 Å². The van der Waals surface area contributed by atoms with E-state index in [9.17, 15) is 9.18 Å². The van der Waals surface area contributed by atoms with Gasteiger partial charge < -0.3 is 15.8 Å². The molecule has 0 spiro atoms. The van der Waals surface area contributed by atoms with Crippen LogP contribution in [-0.4, -0.2) is 28.8 Å². The number of carbonyl (C=O) groups is 1. The van der Waals surface area contributed by atoms with E-state index in [0.717, 1.165) is 11.3 Å². The Balaban J connectivity index is 1.95. The molecule has 27 heavy (non-hydrogen) atoms. The lowest BCUT2D eigenvalue weighted by Gasteiger charge is -2.14. The molecule has 0 fully saturated rings. The molecule has 1 amide bonds. The molecule has 8 heteroatoms. The molecule has 0 aliphatic carbocycles. The van der Waals surface area contributed by atoms with Crippen LogP contribution in [0.15, 0.2) is 48.7 Å². The highest BCUT2D eigenvalue weighted by Crippen LogP contribution is 2.33. The van der Waals surface area contributed by atoms with Crippen LogP contribution in [0.4, 0.5) is 10.1 Å². The SMILES string of the molecule is Cn1nccc1-c1cc(NC(=O)c2c(F)cccc2Cl)ccc1OCCN. The van der Waals surface area contributed by atoms with Crippen LogP contribution in [0.1, 0.15) is 10.4 Å². The molecule has 3 aromatic rings. The van der Waals surface area contributed by atoms with Crippen molar-refractivity contribution in [1.82, 2.24) is 9.78 Å². The predicted molar refractivity (Wildman–Crippen MR) is 103 cm³/mol. The fraction of sp³-hybridized carbons (Fsp3) is 0.158. The number of nitrogens with one attached hydrogen (secondary N) is 1. The third-order valence-electron chi connectivity index (χ3n) is 3.90. The molecule has 0 radical (unpaired) electrons. The fourth-order valence-electron chi connectivity index (χ4n) is 2.65. The van der Waals surface area contributed by atoms with Crippen molar-refractivity contribution in [3.63, 3.8) is 0 Å². The summed E-state index contributed by atoms with van der Waals surface area (Å²) in [7, 11) is 1.80. The number of halogens is 2. The Hall–Kier alpha value is -2.90. The Labute approximate surface area is 160 Å². The van der Waals surface area contributed by atoms with Crippen molar-refractivity contribution in [3.05, 3.63) is 65.1 Å². The molecule has 0 aliphatic rings. The molecule has 1 heterocycles. The minimum absolute atomic E-state index is 0.0438. The van der Waals surface area contributed by atoms with Gasteiger partial charge in [0.25, 0.3) is 5.91 Å². The summed E-state index contributed by atoms with van der Waals surface area (Å²) in [5.41, 5.74) is 7.30. The average molecular weight is 389 g/mol. The maximum atomic E-state index is 14.0. The number of hydrogen-bond donors (Lipinski definition) is 2. The molecular weight excluding hydrogens is 371 g/mol. The van der Waals surface area contributed by atoms with Crippen LogP contribution in [0.5, 0.6) is 5.75 Å². The van der Waals surface area contributed by atoms with Crippen molar-refractivity contribution in [3.8, 4) is 17.0 Å². The second-order valence-electron chi connectivity index (χ2n) is 5.74. The Morgan fingerprint density at radius 3 is 2.81 bits per heavy atom. The lowest BCUT2D eigenvalue weighted by atomic mass is 10.1. The smallest absolute Gasteiger partial charge is 0.260 e. The number of rotatable bonds is 6. The molecule has 3 rings (SSSR count). The minimum Gasteiger partial charge on any atom is -0.492 e. The van der Waals surface area contributed by atoms with E-state index in [4.69, 9.17) is 22.1 Å². The zero-order valence-corrected chi connectivity index (χ0v) is 15.3. The molecule has 6 nitrogen and oxygen atoms in total. The molecule has 2 aromatic carbocycles. The Morgan fingerprint density at radius 2 is 2.15 bits per heavy atom. The predicted octanol–water partition coefficient (Wildman–Crippen LogP) is 3.47. The largest absolute Gasteiger partial charge is 0.492 e. The van der Waals surface area contributed by atoms with Crippen LogP contribution < -0.4 is 15.8 Å². The first-order valence-electron chi connectivity index (χ1n) is 8.22. The first-order valence-corrected chi connectivity index (χ1v) is 8.59. The summed E-state index contributed by atoms with van der Waals surface area (Å²) in [6.07, 6.45) is 1.66. The normalized spacial score (nSPS) is 10.7. The van der Waals surface area contributed by atoms with E-state index in [-0.39, 0.29) is 10.6 Å². The number of amides is 1. The molecule has 0 atom stereocenters. The van der Waals surface area contributed by atoms with E-state index < -0.39 is 11.7 Å². The van der Waals surface area contributed by atoms with Gasteiger partial charge in [0, 0.05) is 31.0 Å². The fourth-order valence-corrected chi connectivity index (χ4v) is 2.90. The molecule has 3 N–H and O–H groups in total. The summed E-state index contributed by atoms with van der Waals surface area (Å²) < 4.78 is 21.3. The van der Waals surface area contributed by atoms with Gasteiger partial charge in [-0.25, -0.2) is 4.39 Å². The highest BCUT2D eigenvalue weighted by atomic mass is 35.5. The Morgan fingerprint density at radius 1 is 1.33 bits per heavy atom. The van der Waals surface area contributed by atoms with Gasteiger partial charge in [-0.1, -0.05) is 17.7 Å². The van der Waals surface area contributed by atoms with E-state index in [2.05, 4.69) is 10.4 Å². The minimum atomic E-state index is -0.685. The quantitative estimate of drug-likeness (QED) is 0.677. The number of carbonyl (C=O) groups excluding carboxylic acids is 1. The van der Waals surface area contributed by atoms with Gasteiger partial charge in [0.05, 0.1) is 16.3 Å². The van der Waals surface area contributed by atoms with Crippen LogP contribution in [0.3, 0.4) is 0 Å². The van der Waals surface area contributed by atoms with Gasteiger partial charge in [-0.3, -0.25) is 9.48 Å². The maximum Gasteiger partial charge on any atom is 0.260 e. The maximum absolute atomic E-state index is 14.0. The van der Waals surface area contributed by atoms with Crippen molar-refractivity contribution in [2.24, 2.45) is 12.8 Å². The molecule has 140 valence electrons. The van der Waals surface area contributed by atoms with Gasteiger partial charge >= 0.3 is 0 Å². The van der Waals surface area contributed by atoms with Crippen molar-refractivity contribution < 1.29 is 13.9 Å². The van der Waals surface area contributed by atoms with Crippen LogP contribution in [0, 0.1) is 5.82 Å². The zero-order chi connectivity index (χ0) is 19.4. The molecule has 0 saturated heterocycles. The van der Waals surface area contributed by atoms with Gasteiger partial charge in [0.1, 0.15) is 18.2 Å². The van der Waals surface area contributed by atoms with Gasteiger partial charge in [-0.15, -0.1) is 0 Å². The summed E-state index contributed by atoms with van der Waals surface area (Å²) in [6.45, 7) is 0.719. The highest BCUT2D eigenvalue weighted by molar-refractivity contribution is 6.34. The summed E-state index contributed by atoms with van der Waals surface area (Å²) in [4.78, 5) is 12.5. The molecule has 0 unspecified atom stereocenters. The second kappa shape index (κ2) is 8.20. The summed E-state index contributed by atoms with van der Waals surface area (Å²) in [6, 6.07) is 11.0. The van der Waals surface area contributed by atoms with Crippen LogP contribution >= 0.6 is 11.6 Å². The number of nitrogens with two attached hydrogens (primary N) is 1. The number of benzene rings is 2. The number of nitrogens with zero attached hydrogens (tertiary/aromatic N) is 2. The average Bonchev–Trinajstić information content (AvgIpc) is 3.06. The number of anilines is 1. The topological polar surface area (TPSA) is 82.2 Å². The molecule has 1 aromatic heterocycles. The number of ether oxygens (including phenoxy) is 1. The third kappa shape index (κ3) is 4.10. The van der Waals surface area contributed by atoms with E-state index in [1.807, 2.05) is 6.07 Å². The lowest BCUT2D eigenvalue weighted by Crippen LogP contribution is -2.15. The molecule has 0 aliphatic heterocycles. The zero-order valence-electron chi connectivity index (χ0n) is 14.6.